The molecular weight excluding hydrogens is 376 g/mol. The van der Waals surface area contributed by atoms with E-state index in [4.69, 9.17) is 16.3 Å². The molecule has 2 aromatic rings. The van der Waals surface area contributed by atoms with Crippen molar-refractivity contribution in [2.75, 3.05) is 23.8 Å². The number of halogens is 1. The second kappa shape index (κ2) is 8.98. The summed E-state index contributed by atoms with van der Waals surface area (Å²) in [5, 5.41) is 10.9. The van der Waals surface area contributed by atoms with E-state index in [1.165, 1.54) is 11.3 Å². The summed E-state index contributed by atoms with van der Waals surface area (Å²) in [6.45, 7) is 1.29. The average molecular weight is 395 g/mol. The van der Waals surface area contributed by atoms with E-state index in [0.717, 1.165) is 19.4 Å². The lowest BCUT2D eigenvalue weighted by atomic mass is 10.2. The molecule has 1 atom stereocenters. The fourth-order valence-corrected chi connectivity index (χ4v) is 3.43. The Kier molecular flexibility index (Phi) is 6.43. The summed E-state index contributed by atoms with van der Waals surface area (Å²) in [4.78, 5) is 28.2. The van der Waals surface area contributed by atoms with Crippen LogP contribution in [0, 0.1) is 0 Å². The molecule has 9 heteroatoms. The molecule has 3 amide bonds. The van der Waals surface area contributed by atoms with E-state index in [2.05, 4.69) is 20.9 Å². The molecule has 2 heterocycles. The van der Waals surface area contributed by atoms with Gasteiger partial charge in [-0.15, -0.1) is 11.3 Å². The molecule has 0 unspecified atom stereocenters. The number of nitrogens with zero attached hydrogens (tertiary/aromatic N) is 1. The number of rotatable bonds is 6. The van der Waals surface area contributed by atoms with Crippen LogP contribution in [0.2, 0.25) is 5.02 Å². The second-order valence-corrected chi connectivity index (χ2v) is 7.14. The lowest BCUT2D eigenvalue weighted by Gasteiger charge is -2.10. The van der Waals surface area contributed by atoms with Gasteiger partial charge in [0.2, 0.25) is 5.91 Å². The van der Waals surface area contributed by atoms with Gasteiger partial charge in [-0.25, -0.2) is 9.78 Å². The SMILES string of the molecule is O=C(Cc1csc(NC(=O)Nc2cccc(Cl)c2)n1)NC[C@@H]1CCCO1. The Labute approximate surface area is 160 Å². The molecule has 1 aromatic heterocycles. The lowest BCUT2D eigenvalue weighted by Crippen LogP contribution is -2.32. The number of ether oxygens (including phenoxy) is 1. The maximum atomic E-state index is 12.0. The third kappa shape index (κ3) is 5.69. The summed E-state index contributed by atoms with van der Waals surface area (Å²) in [6.07, 6.45) is 2.30. The molecule has 0 saturated carbocycles. The fraction of sp³-hybridized carbons (Fsp3) is 0.353. The fourth-order valence-electron chi connectivity index (χ4n) is 2.53. The molecule has 0 radical (unpaired) electrons. The Balaban J connectivity index is 1.44. The van der Waals surface area contributed by atoms with Gasteiger partial charge in [-0.1, -0.05) is 17.7 Å². The molecule has 1 aliphatic rings. The number of thiazole rings is 1. The van der Waals surface area contributed by atoms with E-state index < -0.39 is 6.03 Å². The van der Waals surface area contributed by atoms with E-state index in [1.807, 2.05) is 0 Å². The number of carbonyl (C=O) groups is 2. The van der Waals surface area contributed by atoms with Gasteiger partial charge in [-0.3, -0.25) is 10.1 Å². The molecule has 0 spiro atoms. The van der Waals surface area contributed by atoms with Crippen LogP contribution in [0.25, 0.3) is 0 Å². The number of hydrogen-bond acceptors (Lipinski definition) is 5. The highest BCUT2D eigenvalue weighted by molar-refractivity contribution is 7.14. The quantitative estimate of drug-likeness (QED) is 0.701. The maximum absolute atomic E-state index is 12.0. The number of urea groups is 1. The average Bonchev–Trinajstić information content (AvgIpc) is 3.25. The highest BCUT2D eigenvalue weighted by Crippen LogP contribution is 2.18. The first-order valence-electron chi connectivity index (χ1n) is 8.25. The molecule has 7 nitrogen and oxygen atoms in total. The van der Waals surface area contributed by atoms with Gasteiger partial charge in [-0.2, -0.15) is 0 Å². The molecule has 3 rings (SSSR count). The molecule has 1 aliphatic heterocycles. The zero-order valence-electron chi connectivity index (χ0n) is 14.0. The van der Waals surface area contributed by atoms with Gasteiger partial charge in [0.1, 0.15) is 0 Å². The molecule has 0 aliphatic carbocycles. The Morgan fingerprint density at radius 1 is 1.35 bits per heavy atom. The van der Waals surface area contributed by atoms with E-state index in [-0.39, 0.29) is 18.4 Å². The molecule has 26 heavy (non-hydrogen) atoms. The summed E-state index contributed by atoms with van der Waals surface area (Å²) >= 11 is 7.14. The van der Waals surface area contributed by atoms with Crippen molar-refractivity contribution in [3.63, 3.8) is 0 Å². The predicted octanol–water partition coefficient (Wildman–Crippen LogP) is 3.28. The monoisotopic (exact) mass is 394 g/mol. The van der Waals surface area contributed by atoms with Gasteiger partial charge in [0.15, 0.2) is 5.13 Å². The number of benzene rings is 1. The van der Waals surface area contributed by atoms with Crippen LogP contribution >= 0.6 is 22.9 Å². The van der Waals surface area contributed by atoms with Crippen molar-refractivity contribution in [1.29, 1.82) is 0 Å². The largest absolute Gasteiger partial charge is 0.376 e. The van der Waals surface area contributed by atoms with Crippen molar-refractivity contribution in [2.24, 2.45) is 0 Å². The third-order valence-corrected chi connectivity index (χ3v) is 4.79. The molecule has 0 bridgehead atoms. The van der Waals surface area contributed by atoms with Crippen LogP contribution < -0.4 is 16.0 Å². The Morgan fingerprint density at radius 2 is 2.23 bits per heavy atom. The Morgan fingerprint density at radius 3 is 3.00 bits per heavy atom. The minimum atomic E-state index is -0.420. The molecule has 1 fully saturated rings. The number of carbonyl (C=O) groups excluding carboxylic acids is 2. The number of anilines is 2. The molecule has 1 saturated heterocycles. The maximum Gasteiger partial charge on any atom is 0.325 e. The molecule has 138 valence electrons. The van der Waals surface area contributed by atoms with Gasteiger partial charge in [0, 0.05) is 29.2 Å². The number of nitrogens with one attached hydrogen (secondary N) is 3. The van der Waals surface area contributed by atoms with Crippen molar-refractivity contribution in [2.45, 2.75) is 25.4 Å². The zero-order chi connectivity index (χ0) is 18.4. The third-order valence-electron chi connectivity index (χ3n) is 3.75. The highest BCUT2D eigenvalue weighted by atomic mass is 35.5. The van der Waals surface area contributed by atoms with Crippen molar-refractivity contribution in [1.82, 2.24) is 10.3 Å². The first-order chi connectivity index (χ1) is 12.6. The number of aromatic nitrogens is 1. The smallest absolute Gasteiger partial charge is 0.325 e. The topological polar surface area (TPSA) is 92.4 Å². The summed E-state index contributed by atoms with van der Waals surface area (Å²) in [7, 11) is 0. The van der Waals surface area contributed by atoms with Crippen molar-refractivity contribution in [3.05, 3.63) is 40.4 Å². The van der Waals surface area contributed by atoms with Crippen LogP contribution in [0.1, 0.15) is 18.5 Å². The van der Waals surface area contributed by atoms with E-state index in [9.17, 15) is 9.59 Å². The van der Waals surface area contributed by atoms with Crippen LogP contribution in [0.4, 0.5) is 15.6 Å². The standard InChI is InChI=1S/C17H19ClN4O3S/c18-11-3-1-4-12(7-11)20-16(24)22-17-21-13(10-26-17)8-15(23)19-9-14-5-2-6-25-14/h1,3-4,7,10,14H,2,5-6,8-9H2,(H,19,23)(H2,20,21,22,24)/t14-/m0/s1. The first-order valence-corrected chi connectivity index (χ1v) is 9.50. The summed E-state index contributed by atoms with van der Waals surface area (Å²) < 4.78 is 5.47. The van der Waals surface area contributed by atoms with Gasteiger partial charge in [0.25, 0.3) is 0 Å². The van der Waals surface area contributed by atoms with Gasteiger partial charge >= 0.3 is 6.03 Å². The van der Waals surface area contributed by atoms with E-state index in [0.29, 0.717) is 28.1 Å². The summed E-state index contributed by atoms with van der Waals surface area (Å²) in [5.74, 6) is -0.110. The zero-order valence-corrected chi connectivity index (χ0v) is 15.5. The molecule has 3 N–H and O–H groups in total. The van der Waals surface area contributed by atoms with Crippen LogP contribution in [0.5, 0.6) is 0 Å². The van der Waals surface area contributed by atoms with Crippen molar-refractivity contribution < 1.29 is 14.3 Å². The highest BCUT2D eigenvalue weighted by Gasteiger charge is 2.17. The van der Waals surface area contributed by atoms with Crippen LogP contribution in [-0.2, 0) is 16.0 Å². The summed E-state index contributed by atoms with van der Waals surface area (Å²) in [5.41, 5.74) is 1.19. The van der Waals surface area contributed by atoms with Crippen LogP contribution in [0.15, 0.2) is 29.6 Å². The molecular formula is C17H19ClN4O3S. The Bertz CT molecular complexity index is 777. The van der Waals surface area contributed by atoms with Crippen molar-refractivity contribution >= 4 is 45.7 Å². The number of amides is 3. The molecule has 1 aromatic carbocycles. The van der Waals surface area contributed by atoms with E-state index >= 15 is 0 Å². The normalized spacial score (nSPS) is 16.3. The van der Waals surface area contributed by atoms with Gasteiger partial charge < -0.3 is 15.4 Å². The minimum absolute atomic E-state index is 0.110. The summed E-state index contributed by atoms with van der Waals surface area (Å²) in [6, 6.07) is 6.43. The number of hydrogen-bond donors (Lipinski definition) is 3. The Hall–Kier alpha value is -2.16. The van der Waals surface area contributed by atoms with Crippen molar-refractivity contribution in [3.8, 4) is 0 Å². The second-order valence-electron chi connectivity index (χ2n) is 5.85. The van der Waals surface area contributed by atoms with E-state index in [1.54, 1.807) is 29.6 Å². The van der Waals surface area contributed by atoms with Crippen LogP contribution in [-0.4, -0.2) is 36.2 Å². The predicted molar refractivity (Wildman–Crippen MR) is 102 cm³/mol. The lowest BCUT2D eigenvalue weighted by molar-refractivity contribution is -0.121. The van der Waals surface area contributed by atoms with Gasteiger partial charge in [0.05, 0.1) is 18.2 Å². The van der Waals surface area contributed by atoms with Crippen LogP contribution in [0.3, 0.4) is 0 Å². The minimum Gasteiger partial charge on any atom is -0.376 e. The van der Waals surface area contributed by atoms with Gasteiger partial charge in [-0.05, 0) is 31.0 Å². The first kappa shape index (κ1) is 18.6.